The van der Waals surface area contributed by atoms with E-state index in [-0.39, 0.29) is 17.0 Å². The molecule has 10 nitrogen and oxygen atoms in total. The van der Waals surface area contributed by atoms with Gasteiger partial charge >= 0.3 is 0 Å². The van der Waals surface area contributed by atoms with Gasteiger partial charge in [0.1, 0.15) is 16.7 Å². The molecule has 1 aromatic carbocycles. The van der Waals surface area contributed by atoms with Crippen molar-refractivity contribution in [2.45, 2.75) is 26.4 Å². The van der Waals surface area contributed by atoms with Crippen LogP contribution in [0.3, 0.4) is 0 Å². The molecule has 182 valence electrons. The smallest absolute Gasteiger partial charge is 0.274 e. The van der Waals surface area contributed by atoms with E-state index in [1.165, 1.54) is 4.52 Å². The van der Waals surface area contributed by atoms with Crippen molar-refractivity contribution in [1.29, 1.82) is 0 Å². The maximum atomic E-state index is 15.5. The summed E-state index contributed by atoms with van der Waals surface area (Å²) in [4.78, 5) is 33.4. The van der Waals surface area contributed by atoms with Gasteiger partial charge in [0.25, 0.3) is 11.5 Å². The molecule has 0 bridgehead atoms. The first kappa shape index (κ1) is 22.1. The van der Waals surface area contributed by atoms with Crippen LogP contribution in [0.4, 0.5) is 4.39 Å². The molecule has 0 atom stereocenters. The molecular weight excluding hydrogens is 463 g/mol. The Hall–Kier alpha value is -4.38. The van der Waals surface area contributed by atoms with Gasteiger partial charge in [-0.2, -0.15) is 10.2 Å². The second kappa shape index (κ2) is 8.38. The third-order valence-corrected chi connectivity index (χ3v) is 6.69. The van der Waals surface area contributed by atoms with E-state index in [1.54, 1.807) is 44.6 Å². The molecule has 0 unspecified atom stereocenters. The maximum absolute atomic E-state index is 15.5. The van der Waals surface area contributed by atoms with E-state index in [0.29, 0.717) is 41.9 Å². The molecule has 0 saturated heterocycles. The lowest BCUT2D eigenvalue weighted by Crippen LogP contribution is -2.31. The van der Waals surface area contributed by atoms with Gasteiger partial charge in [-0.1, -0.05) is 6.07 Å². The second-order valence-electron chi connectivity index (χ2n) is 8.94. The van der Waals surface area contributed by atoms with Gasteiger partial charge in [0.05, 0.1) is 35.5 Å². The predicted octanol–water partition coefficient (Wildman–Crippen LogP) is 2.12. The molecule has 36 heavy (non-hydrogen) atoms. The summed E-state index contributed by atoms with van der Waals surface area (Å²) in [6, 6.07) is 7.04. The average molecular weight is 487 g/mol. The lowest BCUT2D eigenvalue weighted by Gasteiger charge is -2.27. The Morgan fingerprint density at radius 3 is 2.81 bits per heavy atom. The maximum Gasteiger partial charge on any atom is 0.274 e. The molecule has 1 aliphatic heterocycles. The molecular formula is C25H23FN8O2. The fraction of sp³-hybridized carbons (Fsp3) is 0.240. The number of aromatic nitrogens is 6. The number of pyridine rings is 1. The largest absolute Gasteiger partial charge is 0.354 e. The number of rotatable bonds is 4. The van der Waals surface area contributed by atoms with E-state index in [0.717, 1.165) is 28.9 Å². The van der Waals surface area contributed by atoms with Crippen LogP contribution in [0.5, 0.6) is 0 Å². The van der Waals surface area contributed by atoms with Crippen LogP contribution >= 0.6 is 0 Å². The number of halogens is 1. The standard InChI is InChI=1S/C25H23FN8O2/c1-14-9-29-34-20-6-3-15(21(26)22(20)31-25(36)23(14)34)12-32-8-7-19-16(13-32)10-30-33(19)17-4-5-18(28-11-17)24(35)27-2/h3-6,9-11H,7-8,12-13H2,1-2H3,(H,27,35)(H,31,36). The van der Waals surface area contributed by atoms with Crippen molar-refractivity contribution in [3.05, 3.63) is 87.1 Å². The fourth-order valence-electron chi connectivity index (χ4n) is 4.85. The summed E-state index contributed by atoms with van der Waals surface area (Å²) in [5.74, 6) is -0.683. The number of benzene rings is 1. The van der Waals surface area contributed by atoms with Crippen LogP contribution in [0.2, 0.25) is 0 Å². The number of hydrogen-bond acceptors (Lipinski definition) is 6. The van der Waals surface area contributed by atoms with Crippen molar-refractivity contribution in [3.63, 3.8) is 0 Å². The zero-order chi connectivity index (χ0) is 25.0. The highest BCUT2D eigenvalue weighted by Crippen LogP contribution is 2.26. The SMILES string of the molecule is CNC(=O)c1ccc(-n2ncc3c2CCN(Cc2ccc4c([nH]c(=O)c5c(C)cnn54)c2F)C3)cn1. The molecule has 5 aromatic rings. The molecule has 11 heteroatoms. The number of amides is 1. The lowest BCUT2D eigenvalue weighted by atomic mass is 10.1. The van der Waals surface area contributed by atoms with Crippen molar-refractivity contribution in [2.75, 3.05) is 13.6 Å². The zero-order valence-corrected chi connectivity index (χ0v) is 19.7. The zero-order valence-electron chi connectivity index (χ0n) is 19.7. The van der Waals surface area contributed by atoms with E-state index >= 15 is 4.39 Å². The van der Waals surface area contributed by atoms with Gasteiger partial charge in [-0.25, -0.2) is 18.6 Å². The lowest BCUT2D eigenvalue weighted by molar-refractivity contribution is 0.0958. The number of aryl methyl sites for hydroxylation is 1. The number of hydrogen-bond donors (Lipinski definition) is 2. The van der Waals surface area contributed by atoms with Crippen LogP contribution in [0.15, 0.2) is 47.7 Å². The minimum absolute atomic E-state index is 0.159. The van der Waals surface area contributed by atoms with Crippen LogP contribution in [0, 0.1) is 12.7 Å². The first-order valence-corrected chi connectivity index (χ1v) is 11.6. The Morgan fingerprint density at radius 2 is 2.03 bits per heavy atom. The Labute approximate surface area is 204 Å². The normalized spacial score (nSPS) is 13.9. The highest BCUT2D eigenvalue weighted by atomic mass is 19.1. The number of aromatic amines is 1. The molecule has 6 rings (SSSR count). The molecule has 1 aliphatic rings. The van der Waals surface area contributed by atoms with Crippen molar-refractivity contribution in [3.8, 4) is 5.69 Å². The van der Waals surface area contributed by atoms with Crippen molar-refractivity contribution < 1.29 is 9.18 Å². The molecule has 4 aromatic heterocycles. The van der Waals surface area contributed by atoms with Crippen molar-refractivity contribution in [1.82, 2.24) is 39.6 Å². The van der Waals surface area contributed by atoms with Crippen LogP contribution in [-0.2, 0) is 19.5 Å². The van der Waals surface area contributed by atoms with E-state index in [4.69, 9.17) is 0 Å². The van der Waals surface area contributed by atoms with E-state index in [1.807, 2.05) is 16.9 Å². The monoisotopic (exact) mass is 486 g/mol. The first-order valence-electron chi connectivity index (χ1n) is 11.6. The first-order chi connectivity index (χ1) is 17.4. The Bertz CT molecular complexity index is 1700. The third kappa shape index (κ3) is 3.47. The predicted molar refractivity (Wildman–Crippen MR) is 131 cm³/mol. The summed E-state index contributed by atoms with van der Waals surface area (Å²) in [6.45, 7) is 3.53. The summed E-state index contributed by atoms with van der Waals surface area (Å²) in [5, 5.41) is 11.3. The van der Waals surface area contributed by atoms with Gasteiger partial charge in [0.15, 0.2) is 5.82 Å². The number of carbonyl (C=O) groups excluding carboxylic acids is 1. The highest BCUT2D eigenvalue weighted by molar-refractivity contribution is 5.92. The van der Waals surface area contributed by atoms with Gasteiger partial charge < -0.3 is 10.3 Å². The van der Waals surface area contributed by atoms with Gasteiger partial charge in [0, 0.05) is 49.8 Å². The quantitative estimate of drug-likeness (QED) is 0.402. The molecule has 0 aliphatic carbocycles. The Morgan fingerprint density at radius 1 is 1.17 bits per heavy atom. The van der Waals surface area contributed by atoms with Gasteiger partial charge in [-0.05, 0) is 25.1 Å². The fourth-order valence-corrected chi connectivity index (χ4v) is 4.85. The molecule has 2 N–H and O–H groups in total. The number of nitrogens with one attached hydrogen (secondary N) is 2. The molecule has 5 heterocycles. The summed E-state index contributed by atoms with van der Waals surface area (Å²) in [5.41, 5.74) is 5.24. The third-order valence-electron chi connectivity index (χ3n) is 6.69. The van der Waals surface area contributed by atoms with E-state index < -0.39 is 5.82 Å². The summed E-state index contributed by atoms with van der Waals surface area (Å²) < 4.78 is 18.8. The topological polar surface area (TPSA) is 113 Å². The minimum Gasteiger partial charge on any atom is -0.354 e. The van der Waals surface area contributed by atoms with Crippen LogP contribution in [0.25, 0.3) is 22.2 Å². The molecule has 1 amide bonds. The molecule has 0 spiro atoms. The number of H-pyrrole nitrogens is 1. The van der Waals surface area contributed by atoms with Crippen molar-refractivity contribution >= 4 is 22.5 Å². The molecule has 0 fully saturated rings. The number of carbonyl (C=O) groups is 1. The second-order valence-corrected chi connectivity index (χ2v) is 8.94. The Balaban J connectivity index is 1.25. The van der Waals surface area contributed by atoms with Crippen molar-refractivity contribution in [2.24, 2.45) is 0 Å². The minimum atomic E-state index is -0.441. The van der Waals surface area contributed by atoms with Gasteiger partial charge in [-0.3, -0.25) is 14.5 Å². The van der Waals surface area contributed by atoms with Crippen LogP contribution in [0.1, 0.15) is 32.9 Å². The molecule has 0 saturated carbocycles. The Kier molecular flexibility index (Phi) is 5.15. The average Bonchev–Trinajstić information content (AvgIpc) is 3.50. The molecule has 0 radical (unpaired) electrons. The van der Waals surface area contributed by atoms with Crippen LogP contribution < -0.4 is 10.9 Å². The van der Waals surface area contributed by atoms with Gasteiger partial charge in [-0.15, -0.1) is 0 Å². The van der Waals surface area contributed by atoms with E-state index in [9.17, 15) is 9.59 Å². The summed E-state index contributed by atoms with van der Waals surface area (Å²) >= 11 is 0. The number of nitrogens with zero attached hydrogens (tertiary/aromatic N) is 6. The summed E-state index contributed by atoms with van der Waals surface area (Å²) in [7, 11) is 1.57. The van der Waals surface area contributed by atoms with Gasteiger partial charge in [0.2, 0.25) is 0 Å². The highest BCUT2D eigenvalue weighted by Gasteiger charge is 2.23. The summed E-state index contributed by atoms with van der Waals surface area (Å²) in [6.07, 6.45) is 5.78. The van der Waals surface area contributed by atoms with E-state index in [2.05, 4.69) is 30.4 Å². The van der Waals surface area contributed by atoms with Crippen LogP contribution in [-0.4, -0.2) is 53.8 Å². The number of fused-ring (bicyclic) bond motifs is 4.